The minimum Gasteiger partial charge on any atom is -0.480 e. The Morgan fingerprint density at radius 3 is 2.78 bits per heavy atom. The molecule has 0 aliphatic heterocycles. The zero-order valence-corrected chi connectivity index (χ0v) is 6.34. The van der Waals surface area contributed by atoms with Crippen LogP contribution < -0.4 is 5.73 Å². The maximum atomic E-state index is 10.0. The third-order valence-corrected chi connectivity index (χ3v) is 1.17. The SMILES string of the molecule is N[C@H](C/C=C/Br)C(=O)O. The Morgan fingerprint density at radius 2 is 2.44 bits per heavy atom. The van der Waals surface area contributed by atoms with E-state index in [2.05, 4.69) is 15.9 Å². The van der Waals surface area contributed by atoms with Crippen molar-refractivity contribution in [2.45, 2.75) is 12.5 Å². The highest BCUT2D eigenvalue weighted by atomic mass is 79.9. The van der Waals surface area contributed by atoms with E-state index in [0.717, 1.165) is 0 Å². The summed E-state index contributed by atoms with van der Waals surface area (Å²) in [6.07, 6.45) is 2.01. The first kappa shape index (κ1) is 8.65. The lowest BCUT2D eigenvalue weighted by molar-refractivity contribution is -0.138. The molecule has 0 aliphatic carbocycles. The van der Waals surface area contributed by atoms with Crippen molar-refractivity contribution >= 4 is 21.9 Å². The molecule has 52 valence electrons. The smallest absolute Gasteiger partial charge is 0.320 e. The fourth-order valence-electron chi connectivity index (χ4n) is 0.299. The second-order valence-electron chi connectivity index (χ2n) is 1.54. The maximum Gasteiger partial charge on any atom is 0.320 e. The van der Waals surface area contributed by atoms with Crippen molar-refractivity contribution in [2.24, 2.45) is 5.73 Å². The molecule has 0 heterocycles. The number of carboxylic acid groups (broad SMARTS) is 1. The average Bonchev–Trinajstić information content (AvgIpc) is 1.82. The van der Waals surface area contributed by atoms with Crippen molar-refractivity contribution in [1.82, 2.24) is 0 Å². The second-order valence-corrected chi connectivity index (χ2v) is 2.07. The quantitative estimate of drug-likeness (QED) is 0.694. The van der Waals surface area contributed by atoms with Gasteiger partial charge in [-0.1, -0.05) is 22.0 Å². The summed E-state index contributed by atoms with van der Waals surface area (Å²) in [4.78, 5) is 11.6. The van der Waals surface area contributed by atoms with Gasteiger partial charge in [0.05, 0.1) is 0 Å². The zero-order chi connectivity index (χ0) is 7.28. The molecule has 0 saturated heterocycles. The summed E-state index contributed by atoms with van der Waals surface area (Å²) >= 11 is 3.00. The topological polar surface area (TPSA) is 63.3 Å². The molecule has 1 atom stereocenters. The van der Waals surface area contributed by atoms with Crippen LogP contribution in [-0.2, 0) is 4.79 Å². The minimum atomic E-state index is -0.972. The van der Waals surface area contributed by atoms with E-state index in [0.29, 0.717) is 6.42 Å². The summed E-state index contributed by atoms with van der Waals surface area (Å²) in [5.41, 5.74) is 5.13. The second kappa shape index (κ2) is 4.52. The predicted octanol–water partition coefficient (Wildman–Crippen LogP) is 0.697. The van der Waals surface area contributed by atoms with E-state index >= 15 is 0 Å². The summed E-state index contributed by atoms with van der Waals surface area (Å²) in [5, 5.41) is 8.23. The maximum absolute atomic E-state index is 10.0. The van der Waals surface area contributed by atoms with E-state index in [1.807, 2.05) is 0 Å². The van der Waals surface area contributed by atoms with Crippen LogP contribution in [0.15, 0.2) is 11.1 Å². The summed E-state index contributed by atoms with van der Waals surface area (Å²) in [5.74, 6) is -0.972. The van der Waals surface area contributed by atoms with E-state index in [9.17, 15) is 4.79 Å². The van der Waals surface area contributed by atoms with Gasteiger partial charge in [0.2, 0.25) is 0 Å². The Morgan fingerprint density at radius 1 is 1.89 bits per heavy atom. The first-order chi connectivity index (χ1) is 4.18. The van der Waals surface area contributed by atoms with Gasteiger partial charge < -0.3 is 10.8 Å². The zero-order valence-electron chi connectivity index (χ0n) is 4.75. The Balaban J connectivity index is 3.50. The van der Waals surface area contributed by atoms with Crippen LogP contribution in [0.25, 0.3) is 0 Å². The van der Waals surface area contributed by atoms with Crippen molar-refractivity contribution < 1.29 is 9.90 Å². The molecule has 0 aromatic heterocycles. The van der Waals surface area contributed by atoms with E-state index in [1.54, 1.807) is 11.1 Å². The van der Waals surface area contributed by atoms with Gasteiger partial charge in [-0.15, -0.1) is 0 Å². The Kier molecular flexibility index (Phi) is 4.35. The van der Waals surface area contributed by atoms with Gasteiger partial charge in [-0.2, -0.15) is 0 Å². The Labute approximate surface area is 61.7 Å². The number of aliphatic carboxylic acids is 1. The molecule has 0 aliphatic rings. The van der Waals surface area contributed by atoms with E-state index < -0.39 is 12.0 Å². The number of halogens is 1. The summed E-state index contributed by atoms with van der Waals surface area (Å²) in [6, 6.07) is -0.779. The van der Waals surface area contributed by atoms with Crippen molar-refractivity contribution in [3.8, 4) is 0 Å². The molecular weight excluding hydrogens is 186 g/mol. The lowest BCUT2D eigenvalue weighted by Gasteiger charge is -1.98. The first-order valence-corrected chi connectivity index (χ1v) is 3.33. The molecule has 9 heavy (non-hydrogen) atoms. The Bertz CT molecular complexity index is 124. The van der Waals surface area contributed by atoms with Crippen LogP contribution in [0.4, 0.5) is 0 Å². The van der Waals surface area contributed by atoms with Crippen molar-refractivity contribution in [2.75, 3.05) is 0 Å². The number of hydrogen-bond donors (Lipinski definition) is 2. The number of nitrogens with two attached hydrogens (primary N) is 1. The van der Waals surface area contributed by atoms with Gasteiger partial charge in [0.25, 0.3) is 0 Å². The fourth-order valence-corrected chi connectivity index (χ4v) is 0.515. The van der Waals surface area contributed by atoms with E-state index in [-0.39, 0.29) is 0 Å². The molecule has 0 spiro atoms. The molecule has 0 unspecified atom stereocenters. The molecule has 4 heteroatoms. The van der Waals surface area contributed by atoms with E-state index in [1.165, 1.54) is 0 Å². The largest absolute Gasteiger partial charge is 0.480 e. The van der Waals surface area contributed by atoms with Gasteiger partial charge in [-0.3, -0.25) is 4.79 Å². The highest BCUT2D eigenvalue weighted by molar-refractivity contribution is 9.11. The molecule has 0 aromatic rings. The molecule has 0 fully saturated rings. The van der Waals surface area contributed by atoms with Crippen molar-refractivity contribution in [3.63, 3.8) is 0 Å². The van der Waals surface area contributed by atoms with Gasteiger partial charge in [-0.05, 0) is 11.4 Å². The number of carbonyl (C=O) groups is 1. The van der Waals surface area contributed by atoms with Gasteiger partial charge >= 0.3 is 5.97 Å². The number of rotatable bonds is 3. The van der Waals surface area contributed by atoms with Crippen LogP contribution in [0.2, 0.25) is 0 Å². The molecule has 0 saturated carbocycles. The van der Waals surface area contributed by atoms with Crippen LogP contribution in [0.3, 0.4) is 0 Å². The molecule has 0 aromatic carbocycles. The van der Waals surface area contributed by atoms with Crippen LogP contribution in [0, 0.1) is 0 Å². The first-order valence-electron chi connectivity index (χ1n) is 2.42. The highest BCUT2D eigenvalue weighted by Gasteiger charge is 2.07. The molecule has 3 nitrogen and oxygen atoms in total. The summed E-state index contributed by atoms with van der Waals surface area (Å²) in [7, 11) is 0. The summed E-state index contributed by atoms with van der Waals surface area (Å²) < 4.78 is 0. The molecule has 0 rings (SSSR count). The third kappa shape index (κ3) is 4.17. The lowest BCUT2D eigenvalue weighted by Crippen LogP contribution is -2.29. The van der Waals surface area contributed by atoms with Gasteiger partial charge in [0.15, 0.2) is 0 Å². The summed E-state index contributed by atoms with van der Waals surface area (Å²) in [6.45, 7) is 0. The third-order valence-electron chi connectivity index (χ3n) is 0.796. The minimum absolute atomic E-state index is 0.362. The van der Waals surface area contributed by atoms with Crippen molar-refractivity contribution in [1.29, 1.82) is 0 Å². The van der Waals surface area contributed by atoms with E-state index in [4.69, 9.17) is 10.8 Å². The normalized spacial score (nSPS) is 14.0. The standard InChI is InChI=1S/C5H8BrNO2/c6-3-1-2-4(7)5(8)9/h1,3-4H,2,7H2,(H,8,9)/b3-1+/t4-/m1/s1. The average molecular weight is 194 g/mol. The van der Waals surface area contributed by atoms with Gasteiger partial charge in [0, 0.05) is 0 Å². The number of carboxylic acids is 1. The molecule has 0 bridgehead atoms. The van der Waals surface area contributed by atoms with Crippen LogP contribution in [-0.4, -0.2) is 17.1 Å². The highest BCUT2D eigenvalue weighted by Crippen LogP contribution is 1.92. The predicted molar refractivity (Wildman–Crippen MR) is 38.3 cm³/mol. The van der Waals surface area contributed by atoms with Crippen LogP contribution in [0.1, 0.15) is 6.42 Å². The molecule has 0 amide bonds. The Hall–Kier alpha value is -0.350. The molecular formula is C5H8BrNO2. The van der Waals surface area contributed by atoms with Crippen molar-refractivity contribution in [3.05, 3.63) is 11.1 Å². The van der Waals surface area contributed by atoms with Gasteiger partial charge in [0.1, 0.15) is 6.04 Å². The fraction of sp³-hybridized carbons (Fsp3) is 0.400. The number of hydrogen-bond acceptors (Lipinski definition) is 2. The van der Waals surface area contributed by atoms with Crippen LogP contribution >= 0.6 is 15.9 Å². The monoisotopic (exact) mass is 193 g/mol. The van der Waals surface area contributed by atoms with Crippen LogP contribution in [0.5, 0.6) is 0 Å². The molecule has 3 N–H and O–H groups in total. The molecule has 0 radical (unpaired) electrons. The lowest BCUT2D eigenvalue weighted by atomic mass is 10.2. The van der Waals surface area contributed by atoms with Gasteiger partial charge in [-0.25, -0.2) is 0 Å².